The van der Waals surface area contributed by atoms with Gasteiger partial charge in [0.05, 0.1) is 21.7 Å². The highest BCUT2D eigenvalue weighted by Crippen LogP contribution is 2.41. The van der Waals surface area contributed by atoms with Crippen LogP contribution in [0.5, 0.6) is 0 Å². The van der Waals surface area contributed by atoms with Crippen LogP contribution >= 0.6 is 11.6 Å². The van der Waals surface area contributed by atoms with Gasteiger partial charge in [0.1, 0.15) is 11.7 Å². The molecule has 9 nitrogen and oxygen atoms in total. The van der Waals surface area contributed by atoms with Crippen molar-refractivity contribution in [3.05, 3.63) is 40.1 Å². The molecular formula is C26H27ClF3N7O2. The van der Waals surface area contributed by atoms with Gasteiger partial charge >= 0.3 is 11.9 Å². The molecule has 4 aromatic heterocycles. The molecule has 4 aromatic rings. The number of pyridine rings is 2. The van der Waals surface area contributed by atoms with Crippen LogP contribution in [0.2, 0.25) is 5.02 Å². The second-order valence-electron chi connectivity index (χ2n) is 10.6. The SMILES string of the molecule is CC1CCC(Cn2c(N3CCC[C@H]3C(F)(F)F)nc3cc(-c4noc(=O)[nH]4)nc(-c4cncc(Cl)c4)c32)CC1. The van der Waals surface area contributed by atoms with Crippen molar-refractivity contribution in [3.8, 4) is 22.8 Å². The summed E-state index contributed by atoms with van der Waals surface area (Å²) in [5.74, 6) is 0.536. The second kappa shape index (κ2) is 9.96. The standard InChI is InChI=1S/C26H27ClF3N7O2/c1-14-4-6-15(7-5-14)13-37-22-18(33-24(37)36-8-2-3-20(36)26(28,29)30)10-19(23-34-25(38)39-35-23)32-21(22)16-9-17(27)12-31-11-16/h9-12,14-15,20H,2-8,13H2,1H3,(H,34,35,38)/t14?,15?,20-/m0/s1. The molecular weight excluding hydrogens is 535 g/mol. The van der Waals surface area contributed by atoms with E-state index in [0.29, 0.717) is 52.1 Å². The van der Waals surface area contributed by atoms with Crippen LogP contribution in [0.4, 0.5) is 19.1 Å². The minimum absolute atomic E-state index is 0.0163. The predicted octanol–water partition coefficient (Wildman–Crippen LogP) is 5.85. The molecule has 0 aromatic carbocycles. The van der Waals surface area contributed by atoms with Gasteiger partial charge in [-0.15, -0.1) is 0 Å². The Bertz CT molecular complexity index is 1560. The van der Waals surface area contributed by atoms with Crippen molar-refractivity contribution in [2.45, 2.75) is 64.2 Å². The molecule has 1 atom stereocenters. The van der Waals surface area contributed by atoms with Gasteiger partial charge in [0.25, 0.3) is 0 Å². The van der Waals surface area contributed by atoms with E-state index in [9.17, 15) is 18.0 Å². The molecule has 0 amide bonds. The predicted molar refractivity (Wildman–Crippen MR) is 139 cm³/mol. The fourth-order valence-electron chi connectivity index (χ4n) is 5.86. The smallest absolute Gasteiger partial charge is 0.330 e. The number of imidazole rings is 1. The number of nitrogens with one attached hydrogen (secondary N) is 1. The summed E-state index contributed by atoms with van der Waals surface area (Å²) in [6.07, 6.45) is 3.27. The summed E-state index contributed by atoms with van der Waals surface area (Å²) < 4.78 is 48.9. The molecule has 0 spiro atoms. The third kappa shape index (κ3) is 5.02. The van der Waals surface area contributed by atoms with Crippen LogP contribution < -0.4 is 10.7 Å². The Morgan fingerprint density at radius 3 is 2.62 bits per heavy atom. The lowest BCUT2D eigenvalue weighted by Gasteiger charge is -2.31. The lowest BCUT2D eigenvalue weighted by molar-refractivity contribution is -0.146. The van der Waals surface area contributed by atoms with Crippen LogP contribution in [-0.2, 0) is 6.54 Å². The van der Waals surface area contributed by atoms with Crippen LogP contribution in [0.25, 0.3) is 33.8 Å². The molecule has 13 heteroatoms. The molecule has 1 saturated carbocycles. The number of halogens is 4. The van der Waals surface area contributed by atoms with E-state index in [4.69, 9.17) is 21.6 Å². The highest BCUT2D eigenvalue weighted by atomic mass is 35.5. The summed E-state index contributed by atoms with van der Waals surface area (Å²) >= 11 is 6.27. The normalized spacial score (nSPS) is 22.2. The minimum Gasteiger partial charge on any atom is -0.330 e. The molecule has 1 saturated heterocycles. The van der Waals surface area contributed by atoms with Gasteiger partial charge in [-0.25, -0.2) is 14.8 Å². The molecule has 6 rings (SSSR count). The second-order valence-corrected chi connectivity index (χ2v) is 11.0. The number of H-pyrrole nitrogens is 1. The van der Waals surface area contributed by atoms with Gasteiger partial charge in [0, 0.05) is 31.0 Å². The topological polar surface area (TPSA) is 106 Å². The Labute approximate surface area is 226 Å². The fraction of sp³-hybridized carbons (Fsp3) is 0.500. The fourth-order valence-corrected chi connectivity index (χ4v) is 6.03. The van der Waals surface area contributed by atoms with Gasteiger partial charge in [-0.3, -0.25) is 14.5 Å². The number of anilines is 1. The summed E-state index contributed by atoms with van der Waals surface area (Å²) in [6, 6.07) is 1.70. The van der Waals surface area contributed by atoms with E-state index in [2.05, 4.69) is 26.6 Å². The lowest BCUT2D eigenvalue weighted by Crippen LogP contribution is -2.42. The van der Waals surface area contributed by atoms with E-state index < -0.39 is 18.0 Å². The summed E-state index contributed by atoms with van der Waals surface area (Å²) in [4.78, 5) is 29.3. The van der Waals surface area contributed by atoms with Crippen LogP contribution in [0.1, 0.15) is 45.4 Å². The monoisotopic (exact) mass is 561 g/mol. The van der Waals surface area contributed by atoms with E-state index in [-0.39, 0.29) is 30.4 Å². The number of alkyl halides is 3. The Morgan fingerprint density at radius 1 is 1.13 bits per heavy atom. The molecule has 1 aliphatic heterocycles. The third-order valence-corrected chi connectivity index (χ3v) is 8.04. The van der Waals surface area contributed by atoms with E-state index in [1.54, 1.807) is 18.3 Å². The molecule has 2 fully saturated rings. The van der Waals surface area contributed by atoms with Crippen molar-refractivity contribution < 1.29 is 17.7 Å². The van der Waals surface area contributed by atoms with Crippen molar-refractivity contribution in [1.29, 1.82) is 0 Å². The molecule has 5 heterocycles. The first-order valence-electron chi connectivity index (χ1n) is 13.1. The minimum atomic E-state index is -4.39. The van der Waals surface area contributed by atoms with Crippen molar-refractivity contribution in [1.82, 2.24) is 29.7 Å². The number of nitrogens with zero attached hydrogens (tertiary/aromatic N) is 6. The van der Waals surface area contributed by atoms with E-state index >= 15 is 0 Å². The zero-order chi connectivity index (χ0) is 27.3. The van der Waals surface area contributed by atoms with Crippen molar-refractivity contribution >= 4 is 28.6 Å². The van der Waals surface area contributed by atoms with Crippen molar-refractivity contribution in [2.24, 2.45) is 11.8 Å². The molecule has 39 heavy (non-hydrogen) atoms. The van der Waals surface area contributed by atoms with Gasteiger partial charge in [0.2, 0.25) is 11.8 Å². The number of aromatic nitrogens is 6. The zero-order valence-corrected chi connectivity index (χ0v) is 22.0. The van der Waals surface area contributed by atoms with Crippen LogP contribution in [0, 0.1) is 11.8 Å². The molecule has 0 bridgehead atoms. The summed E-state index contributed by atoms with van der Waals surface area (Å²) in [7, 11) is 0. The molecule has 0 radical (unpaired) electrons. The van der Waals surface area contributed by atoms with E-state index in [1.165, 1.54) is 11.1 Å². The summed E-state index contributed by atoms with van der Waals surface area (Å²) in [6.45, 7) is 3.00. The first-order chi connectivity index (χ1) is 18.7. The molecule has 0 unspecified atom stereocenters. The first kappa shape index (κ1) is 25.8. The van der Waals surface area contributed by atoms with E-state index in [0.717, 1.165) is 25.7 Å². The Hall–Kier alpha value is -3.41. The highest BCUT2D eigenvalue weighted by molar-refractivity contribution is 6.30. The van der Waals surface area contributed by atoms with Crippen LogP contribution in [0.15, 0.2) is 33.8 Å². The zero-order valence-electron chi connectivity index (χ0n) is 21.2. The van der Waals surface area contributed by atoms with Gasteiger partial charge in [0.15, 0.2) is 0 Å². The Morgan fingerprint density at radius 2 is 1.92 bits per heavy atom. The number of hydrogen-bond acceptors (Lipinski definition) is 7. The van der Waals surface area contributed by atoms with Crippen LogP contribution in [0.3, 0.4) is 0 Å². The van der Waals surface area contributed by atoms with Gasteiger partial charge < -0.3 is 9.47 Å². The number of fused-ring (bicyclic) bond motifs is 1. The van der Waals surface area contributed by atoms with Gasteiger partial charge in [-0.05, 0) is 49.7 Å². The Kier molecular flexibility index (Phi) is 6.60. The largest absolute Gasteiger partial charge is 0.439 e. The van der Waals surface area contributed by atoms with E-state index in [1.807, 2.05) is 4.57 Å². The van der Waals surface area contributed by atoms with Crippen molar-refractivity contribution in [2.75, 3.05) is 11.4 Å². The maximum Gasteiger partial charge on any atom is 0.439 e. The average Bonchev–Trinajstić information content (AvgIpc) is 3.63. The number of aromatic amines is 1. The summed E-state index contributed by atoms with van der Waals surface area (Å²) in [5, 5.41) is 4.14. The molecule has 1 N–H and O–H groups in total. The Balaban J connectivity index is 1.59. The number of hydrogen-bond donors (Lipinski definition) is 1. The molecule has 2 aliphatic rings. The number of rotatable bonds is 5. The van der Waals surface area contributed by atoms with Crippen molar-refractivity contribution in [3.63, 3.8) is 0 Å². The highest BCUT2D eigenvalue weighted by Gasteiger charge is 2.47. The quantitative estimate of drug-likeness (QED) is 0.326. The van der Waals surface area contributed by atoms with Gasteiger partial charge in [-0.2, -0.15) is 13.2 Å². The molecule has 206 valence electrons. The lowest BCUT2D eigenvalue weighted by atomic mass is 9.83. The van der Waals surface area contributed by atoms with Gasteiger partial charge in [-0.1, -0.05) is 36.5 Å². The average molecular weight is 562 g/mol. The van der Waals surface area contributed by atoms with Crippen LogP contribution in [-0.4, -0.2) is 48.4 Å². The summed E-state index contributed by atoms with van der Waals surface area (Å²) in [5.41, 5.74) is 2.30. The first-order valence-corrected chi connectivity index (χ1v) is 13.5. The maximum atomic E-state index is 14.1. The molecule has 1 aliphatic carbocycles. The third-order valence-electron chi connectivity index (χ3n) is 7.83. The maximum absolute atomic E-state index is 14.1.